The van der Waals surface area contributed by atoms with Crippen LogP contribution >= 0.6 is 0 Å². The molecule has 3 aromatic rings. The highest BCUT2D eigenvalue weighted by atomic mass is 16.5. The van der Waals surface area contributed by atoms with Gasteiger partial charge < -0.3 is 9.30 Å². The van der Waals surface area contributed by atoms with Crippen LogP contribution in [-0.2, 0) is 11.3 Å². The molecule has 0 amide bonds. The number of hydrogen-bond acceptors (Lipinski definition) is 4. The molecule has 0 saturated heterocycles. The van der Waals surface area contributed by atoms with E-state index in [0.717, 1.165) is 22.0 Å². The quantitative estimate of drug-likeness (QED) is 0.551. The van der Waals surface area contributed by atoms with Crippen molar-refractivity contribution in [3.63, 3.8) is 0 Å². The van der Waals surface area contributed by atoms with Crippen LogP contribution in [-0.4, -0.2) is 22.1 Å². The summed E-state index contributed by atoms with van der Waals surface area (Å²) in [5.41, 5.74) is 2.40. The van der Waals surface area contributed by atoms with Crippen LogP contribution in [0.15, 0.2) is 35.4 Å². The standard InChI is InChI=1S/C18H18N2O3/c1-4-20-10-14(18(22)23-5-2)17(21)13-9-12-7-6-8-19-15(12)11(3)16(13)20/h6-10H,4-5H2,1-3H3. The molecule has 0 spiro atoms. The lowest BCUT2D eigenvalue weighted by molar-refractivity contribution is 0.0524. The summed E-state index contributed by atoms with van der Waals surface area (Å²) < 4.78 is 6.92. The first kappa shape index (κ1) is 15.2. The van der Waals surface area contributed by atoms with E-state index < -0.39 is 5.97 Å². The number of rotatable bonds is 3. The van der Waals surface area contributed by atoms with Crippen LogP contribution in [0.5, 0.6) is 0 Å². The number of hydrogen-bond donors (Lipinski definition) is 0. The van der Waals surface area contributed by atoms with Gasteiger partial charge in [-0.1, -0.05) is 6.07 Å². The molecule has 1 aromatic carbocycles. The van der Waals surface area contributed by atoms with Gasteiger partial charge in [-0.25, -0.2) is 4.79 Å². The van der Waals surface area contributed by atoms with Crippen molar-refractivity contribution in [2.24, 2.45) is 0 Å². The largest absolute Gasteiger partial charge is 0.462 e. The van der Waals surface area contributed by atoms with E-state index in [9.17, 15) is 9.59 Å². The zero-order chi connectivity index (χ0) is 16.6. The van der Waals surface area contributed by atoms with E-state index in [1.54, 1.807) is 19.3 Å². The maximum absolute atomic E-state index is 12.8. The molecule has 0 atom stereocenters. The number of aromatic nitrogens is 2. The van der Waals surface area contributed by atoms with E-state index in [4.69, 9.17) is 4.74 Å². The van der Waals surface area contributed by atoms with Gasteiger partial charge in [-0.05, 0) is 38.5 Å². The van der Waals surface area contributed by atoms with Gasteiger partial charge in [-0.15, -0.1) is 0 Å². The molecular formula is C18H18N2O3. The topological polar surface area (TPSA) is 61.2 Å². The van der Waals surface area contributed by atoms with Crippen molar-refractivity contribution in [1.82, 2.24) is 9.55 Å². The maximum atomic E-state index is 12.8. The zero-order valence-electron chi connectivity index (χ0n) is 13.4. The molecule has 118 valence electrons. The predicted molar refractivity (Wildman–Crippen MR) is 89.9 cm³/mol. The summed E-state index contributed by atoms with van der Waals surface area (Å²) in [7, 11) is 0. The van der Waals surface area contributed by atoms with Gasteiger partial charge in [0.05, 0.1) is 17.6 Å². The van der Waals surface area contributed by atoms with Crippen molar-refractivity contribution in [3.05, 3.63) is 51.9 Å². The molecule has 0 saturated carbocycles. The fourth-order valence-corrected chi connectivity index (χ4v) is 2.96. The lowest BCUT2D eigenvalue weighted by atomic mass is 10.0. The Labute approximate surface area is 133 Å². The van der Waals surface area contributed by atoms with E-state index in [1.807, 2.05) is 36.6 Å². The number of nitrogens with zero attached hydrogens (tertiary/aromatic N) is 2. The first-order chi connectivity index (χ1) is 11.1. The van der Waals surface area contributed by atoms with Crippen molar-refractivity contribution in [3.8, 4) is 0 Å². The molecule has 0 aliphatic heterocycles. The van der Waals surface area contributed by atoms with Crippen molar-refractivity contribution >= 4 is 27.8 Å². The summed E-state index contributed by atoms with van der Waals surface area (Å²) in [5, 5.41) is 1.41. The smallest absolute Gasteiger partial charge is 0.343 e. The average Bonchev–Trinajstić information content (AvgIpc) is 2.56. The molecule has 0 bridgehead atoms. The molecule has 5 heteroatoms. The summed E-state index contributed by atoms with van der Waals surface area (Å²) in [4.78, 5) is 29.3. The van der Waals surface area contributed by atoms with E-state index in [2.05, 4.69) is 4.98 Å². The van der Waals surface area contributed by atoms with Gasteiger partial charge in [0, 0.05) is 29.7 Å². The predicted octanol–water partition coefficient (Wildman–Crippen LogP) is 3.05. The van der Waals surface area contributed by atoms with Crippen LogP contribution in [0.1, 0.15) is 29.8 Å². The molecule has 23 heavy (non-hydrogen) atoms. The first-order valence-corrected chi connectivity index (χ1v) is 7.67. The minimum Gasteiger partial charge on any atom is -0.462 e. The van der Waals surface area contributed by atoms with Crippen molar-refractivity contribution in [2.75, 3.05) is 6.61 Å². The Kier molecular flexibility index (Phi) is 3.86. The van der Waals surface area contributed by atoms with Gasteiger partial charge in [0.25, 0.3) is 0 Å². The molecule has 0 aliphatic carbocycles. The fraction of sp³-hybridized carbons (Fsp3) is 0.278. The Morgan fingerprint density at radius 3 is 2.83 bits per heavy atom. The normalized spacial score (nSPS) is 11.1. The van der Waals surface area contributed by atoms with Crippen LogP contribution in [0.25, 0.3) is 21.8 Å². The highest BCUT2D eigenvalue weighted by Gasteiger charge is 2.18. The Morgan fingerprint density at radius 2 is 2.13 bits per heavy atom. The van der Waals surface area contributed by atoms with Crippen molar-refractivity contribution in [1.29, 1.82) is 0 Å². The van der Waals surface area contributed by atoms with E-state index in [1.165, 1.54) is 0 Å². The molecule has 5 nitrogen and oxygen atoms in total. The monoisotopic (exact) mass is 310 g/mol. The second kappa shape index (κ2) is 5.83. The number of carbonyl (C=O) groups is 1. The first-order valence-electron chi connectivity index (χ1n) is 7.67. The average molecular weight is 310 g/mol. The second-order valence-corrected chi connectivity index (χ2v) is 5.35. The molecule has 2 heterocycles. The lowest BCUT2D eigenvalue weighted by Crippen LogP contribution is -2.21. The second-order valence-electron chi connectivity index (χ2n) is 5.35. The van der Waals surface area contributed by atoms with Gasteiger partial charge in [0.2, 0.25) is 5.43 Å². The molecule has 0 fully saturated rings. The van der Waals surface area contributed by atoms with Crippen LogP contribution in [0, 0.1) is 6.92 Å². The highest BCUT2D eigenvalue weighted by Crippen LogP contribution is 2.25. The van der Waals surface area contributed by atoms with Gasteiger partial charge in [0.1, 0.15) is 5.56 Å². The summed E-state index contributed by atoms with van der Waals surface area (Å²) in [5.74, 6) is -0.578. The number of esters is 1. The lowest BCUT2D eigenvalue weighted by Gasteiger charge is -2.14. The zero-order valence-corrected chi connectivity index (χ0v) is 13.4. The maximum Gasteiger partial charge on any atom is 0.343 e. The molecule has 0 radical (unpaired) electrons. The van der Waals surface area contributed by atoms with Crippen molar-refractivity contribution in [2.45, 2.75) is 27.3 Å². The van der Waals surface area contributed by atoms with Crippen LogP contribution in [0.4, 0.5) is 0 Å². The Balaban J connectivity index is 2.46. The Hall–Kier alpha value is -2.69. The summed E-state index contributed by atoms with van der Waals surface area (Å²) >= 11 is 0. The number of carbonyl (C=O) groups excluding carboxylic acids is 1. The Bertz CT molecular complexity index is 973. The highest BCUT2D eigenvalue weighted by molar-refractivity contribution is 6.01. The van der Waals surface area contributed by atoms with Gasteiger partial charge >= 0.3 is 5.97 Å². The van der Waals surface area contributed by atoms with Gasteiger partial charge in [-0.2, -0.15) is 0 Å². The number of aryl methyl sites for hydroxylation is 2. The van der Waals surface area contributed by atoms with Gasteiger partial charge in [0.15, 0.2) is 0 Å². The molecular weight excluding hydrogens is 292 g/mol. The summed E-state index contributed by atoms with van der Waals surface area (Å²) in [6.07, 6.45) is 3.33. The SMILES string of the molecule is CCOC(=O)c1cn(CC)c2c(C)c3ncccc3cc2c1=O. The molecule has 2 aromatic heterocycles. The molecule has 0 aliphatic rings. The van der Waals surface area contributed by atoms with E-state index >= 15 is 0 Å². The van der Waals surface area contributed by atoms with Crippen molar-refractivity contribution < 1.29 is 9.53 Å². The third kappa shape index (κ3) is 2.38. The molecule has 0 unspecified atom stereocenters. The van der Waals surface area contributed by atoms with Crippen LogP contribution in [0.3, 0.4) is 0 Å². The number of benzene rings is 1. The third-order valence-corrected chi connectivity index (χ3v) is 4.00. The number of fused-ring (bicyclic) bond motifs is 2. The molecule has 3 rings (SSSR count). The number of ether oxygens (including phenoxy) is 1. The summed E-state index contributed by atoms with van der Waals surface area (Å²) in [6.45, 7) is 6.53. The van der Waals surface area contributed by atoms with E-state index in [-0.39, 0.29) is 17.6 Å². The minimum atomic E-state index is -0.578. The van der Waals surface area contributed by atoms with E-state index in [0.29, 0.717) is 11.9 Å². The van der Waals surface area contributed by atoms with Crippen LogP contribution in [0.2, 0.25) is 0 Å². The minimum absolute atomic E-state index is 0.0730. The van der Waals surface area contributed by atoms with Gasteiger partial charge in [-0.3, -0.25) is 9.78 Å². The number of pyridine rings is 2. The summed E-state index contributed by atoms with van der Waals surface area (Å²) in [6, 6.07) is 5.56. The third-order valence-electron chi connectivity index (χ3n) is 4.00. The fourth-order valence-electron chi connectivity index (χ4n) is 2.96. The molecule has 0 N–H and O–H groups in total. The van der Waals surface area contributed by atoms with Crippen LogP contribution < -0.4 is 5.43 Å². The Morgan fingerprint density at radius 1 is 1.35 bits per heavy atom.